The van der Waals surface area contributed by atoms with Crippen LogP contribution in [0.2, 0.25) is 0 Å². The predicted octanol–water partition coefficient (Wildman–Crippen LogP) is 1.88. The predicted molar refractivity (Wildman–Crippen MR) is 62.5 cm³/mol. The summed E-state index contributed by atoms with van der Waals surface area (Å²) in [5.74, 6) is -0.400. The Morgan fingerprint density at radius 3 is 2.80 bits per heavy atom. The highest BCUT2D eigenvalue weighted by Gasteiger charge is 2.29. The summed E-state index contributed by atoms with van der Waals surface area (Å²) in [4.78, 5) is 11.4. The van der Waals surface area contributed by atoms with E-state index in [0.29, 0.717) is 6.42 Å². The van der Waals surface area contributed by atoms with Crippen LogP contribution >= 0.6 is 15.9 Å². The number of benzene rings is 1. The van der Waals surface area contributed by atoms with Gasteiger partial charge in [0.15, 0.2) is 0 Å². The minimum atomic E-state index is -0.977. The van der Waals surface area contributed by atoms with E-state index < -0.39 is 11.5 Å². The second-order valence-corrected chi connectivity index (χ2v) is 4.63. The van der Waals surface area contributed by atoms with Gasteiger partial charge >= 0.3 is 5.97 Å². The molecular formula is C11H14BrNO2. The monoisotopic (exact) mass is 271 g/mol. The standard InChI is InChI=1S/C11H14BrNO2/c1-11(13,10(14)15-2)7-8-4-3-5-9(12)6-8/h3-6H,7,13H2,1-2H3. The van der Waals surface area contributed by atoms with Crippen LogP contribution in [-0.2, 0) is 16.0 Å². The van der Waals surface area contributed by atoms with E-state index in [2.05, 4.69) is 20.7 Å². The van der Waals surface area contributed by atoms with Crippen LogP contribution in [0.15, 0.2) is 28.7 Å². The van der Waals surface area contributed by atoms with Crippen molar-refractivity contribution in [2.75, 3.05) is 7.11 Å². The quantitative estimate of drug-likeness (QED) is 0.855. The molecule has 82 valence electrons. The maximum Gasteiger partial charge on any atom is 0.325 e. The average Bonchev–Trinajstić information content (AvgIpc) is 2.15. The van der Waals surface area contributed by atoms with Crippen LogP contribution in [0.5, 0.6) is 0 Å². The fourth-order valence-electron chi connectivity index (χ4n) is 1.38. The van der Waals surface area contributed by atoms with E-state index in [0.717, 1.165) is 10.0 Å². The molecule has 0 bridgehead atoms. The van der Waals surface area contributed by atoms with E-state index in [9.17, 15) is 4.79 Å². The Balaban J connectivity index is 2.81. The zero-order chi connectivity index (χ0) is 11.5. The largest absolute Gasteiger partial charge is 0.468 e. The van der Waals surface area contributed by atoms with E-state index >= 15 is 0 Å². The molecule has 0 aliphatic rings. The molecule has 0 aromatic heterocycles. The summed E-state index contributed by atoms with van der Waals surface area (Å²) in [7, 11) is 1.34. The Morgan fingerprint density at radius 2 is 2.27 bits per heavy atom. The van der Waals surface area contributed by atoms with Gasteiger partial charge in [-0.2, -0.15) is 0 Å². The highest BCUT2D eigenvalue weighted by Crippen LogP contribution is 2.16. The zero-order valence-electron chi connectivity index (χ0n) is 8.79. The molecule has 2 N–H and O–H groups in total. The van der Waals surface area contributed by atoms with Crippen LogP contribution in [0, 0.1) is 0 Å². The summed E-state index contributed by atoms with van der Waals surface area (Å²) >= 11 is 3.37. The summed E-state index contributed by atoms with van der Waals surface area (Å²) in [6.07, 6.45) is 0.457. The minimum Gasteiger partial charge on any atom is -0.468 e. The lowest BCUT2D eigenvalue weighted by atomic mass is 9.94. The Kier molecular flexibility index (Phi) is 3.88. The van der Waals surface area contributed by atoms with Crippen molar-refractivity contribution in [3.05, 3.63) is 34.3 Å². The number of nitrogens with two attached hydrogens (primary N) is 1. The van der Waals surface area contributed by atoms with Gasteiger partial charge in [-0.05, 0) is 24.6 Å². The molecule has 0 spiro atoms. The van der Waals surface area contributed by atoms with Gasteiger partial charge in [-0.3, -0.25) is 4.79 Å². The number of rotatable bonds is 3. The van der Waals surface area contributed by atoms with E-state index in [1.807, 2.05) is 24.3 Å². The van der Waals surface area contributed by atoms with Crippen LogP contribution in [0.3, 0.4) is 0 Å². The van der Waals surface area contributed by atoms with Gasteiger partial charge in [0, 0.05) is 10.9 Å². The Bertz CT molecular complexity index is 363. The van der Waals surface area contributed by atoms with Gasteiger partial charge in [-0.1, -0.05) is 28.1 Å². The smallest absolute Gasteiger partial charge is 0.325 e. The summed E-state index contributed by atoms with van der Waals surface area (Å²) in [6.45, 7) is 1.67. The van der Waals surface area contributed by atoms with E-state index in [-0.39, 0.29) is 0 Å². The first-order chi connectivity index (χ1) is 6.95. The van der Waals surface area contributed by atoms with Crippen molar-refractivity contribution < 1.29 is 9.53 Å². The van der Waals surface area contributed by atoms with Crippen molar-refractivity contribution in [1.29, 1.82) is 0 Å². The summed E-state index contributed by atoms with van der Waals surface area (Å²) in [5.41, 5.74) is 5.89. The molecule has 1 aromatic rings. The highest BCUT2D eigenvalue weighted by molar-refractivity contribution is 9.10. The molecule has 1 rings (SSSR count). The molecule has 1 unspecified atom stereocenters. The Labute approximate surface area is 97.7 Å². The van der Waals surface area contributed by atoms with E-state index in [1.54, 1.807) is 6.92 Å². The molecule has 0 fully saturated rings. The Morgan fingerprint density at radius 1 is 1.60 bits per heavy atom. The normalized spacial score (nSPS) is 14.4. The third-order valence-corrected chi connectivity index (χ3v) is 2.61. The van der Waals surface area contributed by atoms with Crippen molar-refractivity contribution >= 4 is 21.9 Å². The first-order valence-corrected chi connectivity index (χ1v) is 5.37. The maximum absolute atomic E-state index is 11.4. The SMILES string of the molecule is COC(=O)C(C)(N)Cc1cccc(Br)c1. The van der Waals surface area contributed by atoms with Crippen LogP contribution in [0.4, 0.5) is 0 Å². The number of carbonyl (C=O) groups excluding carboxylic acids is 1. The first kappa shape index (κ1) is 12.2. The molecule has 0 radical (unpaired) electrons. The number of esters is 1. The molecule has 0 saturated heterocycles. The molecule has 0 heterocycles. The van der Waals surface area contributed by atoms with Crippen molar-refractivity contribution in [3.63, 3.8) is 0 Å². The lowest BCUT2D eigenvalue weighted by Crippen LogP contribution is -2.47. The molecule has 1 atom stereocenters. The van der Waals surface area contributed by atoms with Crippen LogP contribution in [0.25, 0.3) is 0 Å². The lowest BCUT2D eigenvalue weighted by Gasteiger charge is -2.21. The van der Waals surface area contributed by atoms with Crippen LogP contribution in [0.1, 0.15) is 12.5 Å². The fourth-order valence-corrected chi connectivity index (χ4v) is 1.82. The highest BCUT2D eigenvalue weighted by atomic mass is 79.9. The van der Waals surface area contributed by atoms with Crippen molar-refractivity contribution in [1.82, 2.24) is 0 Å². The Hall–Kier alpha value is -0.870. The number of halogens is 1. The number of methoxy groups -OCH3 is 1. The average molecular weight is 272 g/mol. The molecule has 0 aliphatic carbocycles. The van der Waals surface area contributed by atoms with Crippen molar-refractivity contribution in [3.8, 4) is 0 Å². The van der Waals surface area contributed by atoms with Crippen molar-refractivity contribution in [2.24, 2.45) is 5.73 Å². The molecule has 3 nitrogen and oxygen atoms in total. The number of hydrogen-bond donors (Lipinski definition) is 1. The van der Waals surface area contributed by atoms with Crippen LogP contribution in [-0.4, -0.2) is 18.6 Å². The number of carbonyl (C=O) groups is 1. The molecule has 15 heavy (non-hydrogen) atoms. The first-order valence-electron chi connectivity index (χ1n) is 4.57. The van der Waals surface area contributed by atoms with Gasteiger partial charge in [-0.25, -0.2) is 0 Å². The third-order valence-electron chi connectivity index (χ3n) is 2.11. The topological polar surface area (TPSA) is 52.3 Å². The molecule has 0 saturated carbocycles. The third kappa shape index (κ3) is 3.32. The van der Waals surface area contributed by atoms with Gasteiger partial charge < -0.3 is 10.5 Å². The van der Waals surface area contributed by atoms with Gasteiger partial charge in [0.2, 0.25) is 0 Å². The van der Waals surface area contributed by atoms with Gasteiger partial charge in [-0.15, -0.1) is 0 Å². The fraction of sp³-hybridized carbons (Fsp3) is 0.364. The summed E-state index contributed by atoms with van der Waals surface area (Å²) < 4.78 is 5.61. The summed E-state index contributed by atoms with van der Waals surface area (Å²) in [5, 5.41) is 0. The summed E-state index contributed by atoms with van der Waals surface area (Å²) in [6, 6.07) is 7.70. The molecule has 0 aliphatic heterocycles. The van der Waals surface area contributed by atoms with E-state index in [1.165, 1.54) is 7.11 Å². The maximum atomic E-state index is 11.4. The van der Waals surface area contributed by atoms with Crippen LogP contribution < -0.4 is 5.73 Å². The molecule has 4 heteroatoms. The molecular weight excluding hydrogens is 258 g/mol. The molecule has 1 aromatic carbocycles. The molecule has 0 amide bonds. The second-order valence-electron chi connectivity index (χ2n) is 3.72. The van der Waals surface area contributed by atoms with Crippen molar-refractivity contribution in [2.45, 2.75) is 18.9 Å². The van der Waals surface area contributed by atoms with Gasteiger partial charge in [0.05, 0.1) is 7.11 Å². The second kappa shape index (κ2) is 4.77. The van der Waals surface area contributed by atoms with E-state index in [4.69, 9.17) is 5.73 Å². The van der Waals surface area contributed by atoms with Gasteiger partial charge in [0.1, 0.15) is 5.54 Å². The number of hydrogen-bond acceptors (Lipinski definition) is 3. The zero-order valence-corrected chi connectivity index (χ0v) is 10.4. The van der Waals surface area contributed by atoms with Gasteiger partial charge in [0.25, 0.3) is 0 Å². The minimum absolute atomic E-state index is 0.400. The number of ether oxygens (including phenoxy) is 1. The lowest BCUT2D eigenvalue weighted by molar-refractivity contribution is -0.146.